The molecular formula is C8H15N5O4S. The van der Waals surface area contributed by atoms with Crippen molar-refractivity contribution in [2.24, 2.45) is 16.5 Å². The minimum atomic E-state index is -4.68. The van der Waals surface area contributed by atoms with Crippen LogP contribution in [0.1, 0.15) is 12.8 Å². The van der Waals surface area contributed by atoms with E-state index in [-0.39, 0.29) is 5.96 Å². The molecule has 2 aliphatic heterocycles. The summed E-state index contributed by atoms with van der Waals surface area (Å²) >= 11 is 0. The van der Waals surface area contributed by atoms with Gasteiger partial charge in [0.2, 0.25) is 5.96 Å². The standard InChI is InChI=1S/C8H15N5O4S/c9-6-5-7(12-3-1-2-4-12)11-8(10)13(6)17-18(14,15)16/h5-6H,1-4,9H2,(H2,10,11)(H,14,15,16). The maximum atomic E-state index is 10.6. The zero-order valence-electron chi connectivity index (χ0n) is 9.56. The normalized spacial score (nSPS) is 25.1. The van der Waals surface area contributed by atoms with Gasteiger partial charge >= 0.3 is 10.4 Å². The molecule has 0 saturated carbocycles. The van der Waals surface area contributed by atoms with E-state index in [2.05, 4.69) is 9.28 Å². The van der Waals surface area contributed by atoms with Gasteiger partial charge in [-0.05, 0) is 18.9 Å². The van der Waals surface area contributed by atoms with Gasteiger partial charge in [0.15, 0.2) is 0 Å². The number of hydrogen-bond donors (Lipinski definition) is 3. The molecule has 0 aromatic heterocycles. The van der Waals surface area contributed by atoms with Crippen LogP contribution in [-0.4, -0.2) is 48.1 Å². The fourth-order valence-electron chi connectivity index (χ4n) is 1.89. The van der Waals surface area contributed by atoms with Crippen molar-refractivity contribution >= 4 is 16.4 Å². The number of nitrogens with zero attached hydrogens (tertiary/aromatic N) is 3. The monoisotopic (exact) mass is 277 g/mol. The first-order valence-electron chi connectivity index (χ1n) is 5.39. The smallest absolute Gasteiger partial charge is 0.368 e. The summed E-state index contributed by atoms with van der Waals surface area (Å²) in [6.07, 6.45) is 2.72. The lowest BCUT2D eigenvalue weighted by Gasteiger charge is -2.30. The molecule has 10 heteroatoms. The number of hydroxylamine groups is 2. The molecule has 1 saturated heterocycles. The van der Waals surface area contributed by atoms with Gasteiger partial charge in [-0.15, -0.1) is 4.28 Å². The van der Waals surface area contributed by atoms with E-state index >= 15 is 0 Å². The van der Waals surface area contributed by atoms with Crippen LogP contribution in [0, 0.1) is 0 Å². The Balaban J connectivity index is 2.15. The van der Waals surface area contributed by atoms with Crippen LogP contribution in [0.3, 0.4) is 0 Å². The Morgan fingerprint density at radius 1 is 1.44 bits per heavy atom. The summed E-state index contributed by atoms with van der Waals surface area (Å²) in [6.45, 7) is 1.71. The molecule has 2 rings (SSSR count). The maximum Gasteiger partial charge on any atom is 0.418 e. The molecule has 1 atom stereocenters. The number of hydrogen-bond acceptors (Lipinski definition) is 8. The third-order valence-corrected chi connectivity index (χ3v) is 3.00. The van der Waals surface area contributed by atoms with Gasteiger partial charge in [-0.25, -0.2) is 0 Å². The minimum absolute atomic E-state index is 0.218. The summed E-state index contributed by atoms with van der Waals surface area (Å²) in [4.78, 5) is 6.00. The van der Waals surface area contributed by atoms with E-state index in [0.29, 0.717) is 10.9 Å². The molecule has 2 heterocycles. The molecule has 0 amide bonds. The van der Waals surface area contributed by atoms with Gasteiger partial charge in [-0.1, -0.05) is 0 Å². The lowest BCUT2D eigenvalue weighted by molar-refractivity contribution is -0.0131. The Morgan fingerprint density at radius 3 is 2.56 bits per heavy atom. The lowest BCUT2D eigenvalue weighted by Crippen LogP contribution is -2.51. The quantitative estimate of drug-likeness (QED) is 0.535. The van der Waals surface area contributed by atoms with Crippen LogP contribution >= 0.6 is 0 Å². The van der Waals surface area contributed by atoms with E-state index in [0.717, 1.165) is 25.9 Å². The third-order valence-electron chi connectivity index (χ3n) is 2.65. The fourth-order valence-corrected chi connectivity index (χ4v) is 2.27. The van der Waals surface area contributed by atoms with Crippen molar-refractivity contribution < 1.29 is 17.3 Å². The van der Waals surface area contributed by atoms with Crippen molar-refractivity contribution in [1.29, 1.82) is 0 Å². The largest absolute Gasteiger partial charge is 0.418 e. The highest BCUT2D eigenvalue weighted by Crippen LogP contribution is 2.20. The molecule has 18 heavy (non-hydrogen) atoms. The molecule has 102 valence electrons. The highest BCUT2D eigenvalue weighted by molar-refractivity contribution is 7.80. The zero-order chi connectivity index (χ0) is 13.3. The van der Waals surface area contributed by atoms with Crippen LogP contribution in [0.5, 0.6) is 0 Å². The van der Waals surface area contributed by atoms with Gasteiger partial charge in [-0.3, -0.25) is 4.55 Å². The van der Waals surface area contributed by atoms with Gasteiger partial charge in [0.1, 0.15) is 12.0 Å². The van der Waals surface area contributed by atoms with Gasteiger partial charge in [0, 0.05) is 13.1 Å². The second-order valence-electron chi connectivity index (χ2n) is 4.01. The predicted molar refractivity (Wildman–Crippen MR) is 63.0 cm³/mol. The maximum absolute atomic E-state index is 10.6. The van der Waals surface area contributed by atoms with Crippen molar-refractivity contribution in [3.63, 3.8) is 0 Å². The van der Waals surface area contributed by atoms with E-state index in [1.807, 2.05) is 4.90 Å². The Kier molecular flexibility index (Phi) is 3.43. The van der Waals surface area contributed by atoms with E-state index < -0.39 is 16.6 Å². The summed E-state index contributed by atoms with van der Waals surface area (Å²) in [5, 5.41) is 0.634. The Bertz CT molecular complexity index is 482. The van der Waals surface area contributed by atoms with Gasteiger partial charge in [0.25, 0.3) is 0 Å². The van der Waals surface area contributed by atoms with Crippen LogP contribution < -0.4 is 11.5 Å². The SMILES string of the molecule is NC1=NC(N2CCCC2)=CC(N)N1OS(=O)(=O)O. The van der Waals surface area contributed by atoms with Crippen LogP contribution in [-0.2, 0) is 14.7 Å². The fraction of sp³-hybridized carbons (Fsp3) is 0.625. The van der Waals surface area contributed by atoms with E-state index in [1.54, 1.807) is 0 Å². The van der Waals surface area contributed by atoms with Gasteiger partial charge in [0.05, 0.1) is 0 Å². The first-order chi connectivity index (χ1) is 8.37. The Morgan fingerprint density at radius 2 is 2.06 bits per heavy atom. The van der Waals surface area contributed by atoms with Crippen molar-refractivity contribution in [2.75, 3.05) is 13.1 Å². The summed E-state index contributed by atoms with van der Waals surface area (Å²) < 4.78 is 34.1. The van der Waals surface area contributed by atoms with Crippen LogP contribution in [0.4, 0.5) is 0 Å². The highest BCUT2D eigenvalue weighted by atomic mass is 32.3. The lowest BCUT2D eigenvalue weighted by atomic mass is 10.4. The first kappa shape index (κ1) is 13.1. The van der Waals surface area contributed by atoms with E-state index in [4.69, 9.17) is 16.0 Å². The number of nitrogens with two attached hydrogens (primary N) is 2. The van der Waals surface area contributed by atoms with E-state index in [1.165, 1.54) is 6.08 Å². The Hall–Kier alpha value is -1.36. The molecular weight excluding hydrogens is 262 g/mol. The number of aliphatic imine (C=N–C) groups is 1. The summed E-state index contributed by atoms with van der Waals surface area (Å²) in [6, 6.07) is 0. The number of likely N-dealkylation sites (tertiary alicyclic amines) is 1. The van der Waals surface area contributed by atoms with Crippen molar-refractivity contribution in [3.05, 3.63) is 11.9 Å². The molecule has 9 nitrogen and oxygen atoms in total. The molecule has 1 fully saturated rings. The molecule has 0 bridgehead atoms. The average Bonchev–Trinajstić information content (AvgIpc) is 2.75. The topological polar surface area (TPSA) is 134 Å². The first-order valence-corrected chi connectivity index (χ1v) is 6.76. The highest BCUT2D eigenvalue weighted by Gasteiger charge is 2.28. The van der Waals surface area contributed by atoms with Crippen LogP contribution in [0.2, 0.25) is 0 Å². The van der Waals surface area contributed by atoms with Crippen molar-refractivity contribution in [2.45, 2.75) is 19.0 Å². The van der Waals surface area contributed by atoms with Gasteiger partial charge < -0.3 is 16.4 Å². The number of rotatable bonds is 3. The van der Waals surface area contributed by atoms with Crippen LogP contribution in [0.15, 0.2) is 16.9 Å². The number of guanidine groups is 1. The molecule has 0 aromatic rings. The Labute approximate surface area is 105 Å². The molecule has 2 aliphatic rings. The molecule has 0 aromatic carbocycles. The molecule has 0 radical (unpaired) electrons. The summed E-state index contributed by atoms with van der Waals surface area (Å²) in [7, 11) is -4.68. The zero-order valence-corrected chi connectivity index (χ0v) is 10.4. The summed E-state index contributed by atoms with van der Waals surface area (Å²) in [5.41, 5.74) is 11.3. The van der Waals surface area contributed by atoms with Crippen LogP contribution in [0.25, 0.3) is 0 Å². The third kappa shape index (κ3) is 2.90. The van der Waals surface area contributed by atoms with Gasteiger partial charge in [-0.2, -0.15) is 18.5 Å². The molecule has 0 aliphatic carbocycles. The van der Waals surface area contributed by atoms with Crippen molar-refractivity contribution in [3.8, 4) is 0 Å². The average molecular weight is 277 g/mol. The second-order valence-corrected chi connectivity index (χ2v) is 5.01. The minimum Gasteiger partial charge on any atom is -0.368 e. The molecule has 0 spiro atoms. The molecule has 5 N–H and O–H groups in total. The molecule has 1 unspecified atom stereocenters. The predicted octanol–water partition coefficient (Wildman–Crippen LogP) is -1.43. The van der Waals surface area contributed by atoms with Crippen molar-refractivity contribution in [1.82, 2.24) is 9.96 Å². The van der Waals surface area contributed by atoms with E-state index in [9.17, 15) is 8.42 Å². The second kappa shape index (κ2) is 4.72. The summed E-state index contributed by atoms with van der Waals surface area (Å²) in [5.74, 6) is 0.372.